The van der Waals surface area contributed by atoms with Crippen LogP contribution in [0.1, 0.15) is 16.8 Å². The second kappa shape index (κ2) is 6.89. The third-order valence-corrected chi connectivity index (χ3v) is 4.80. The van der Waals surface area contributed by atoms with Crippen molar-refractivity contribution in [1.82, 2.24) is 10.2 Å². The lowest BCUT2D eigenvalue weighted by molar-refractivity contribution is -0.141. The predicted molar refractivity (Wildman–Crippen MR) is 90.1 cm³/mol. The summed E-state index contributed by atoms with van der Waals surface area (Å²) < 4.78 is 5.21. The summed E-state index contributed by atoms with van der Waals surface area (Å²) in [6, 6.07) is 3.37. The second-order valence-electron chi connectivity index (χ2n) is 5.95. The molecule has 3 rings (SSSR count). The lowest BCUT2D eigenvalue weighted by atomic mass is 10.1. The number of ether oxygens (including phenoxy) is 1. The number of halogens is 1. The molecule has 9 heteroatoms. The minimum atomic E-state index is -1.07. The number of carboxylic acids is 1. The standard InChI is InChI=1S/C16H18ClN3O5/c1-25-10-7-13(15(22)23)20(8-10)14(21)9-2-3-11(17)12(6-9)19-5-4-18-16(19)24/h2-3,6,10,13H,4-5,7-8H2,1H3,(H,18,24)(H,22,23). The van der Waals surface area contributed by atoms with Gasteiger partial charge in [-0.15, -0.1) is 0 Å². The van der Waals surface area contributed by atoms with Gasteiger partial charge in [0.15, 0.2) is 0 Å². The first kappa shape index (κ1) is 17.5. The first-order valence-electron chi connectivity index (χ1n) is 7.84. The number of nitrogens with one attached hydrogen (secondary N) is 1. The van der Waals surface area contributed by atoms with Gasteiger partial charge in [-0.3, -0.25) is 9.69 Å². The van der Waals surface area contributed by atoms with Crippen molar-refractivity contribution >= 4 is 35.2 Å². The maximum atomic E-state index is 12.8. The molecule has 2 aliphatic heterocycles. The summed E-state index contributed by atoms with van der Waals surface area (Å²) in [5, 5.41) is 12.4. The van der Waals surface area contributed by atoms with Crippen molar-refractivity contribution in [3.05, 3.63) is 28.8 Å². The molecule has 25 heavy (non-hydrogen) atoms. The number of hydrogen-bond acceptors (Lipinski definition) is 4. The third-order valence-electron chi connectivity index (χ3n) is 4.48. The van der Waals surface area contributed by atoms with Crippen molar-refractivity contribution in [2.75, 3.05) is 31.6 Å². The highest BCUT2D eigenvalue weighted by Gasteiger charge is 2.40. The molecular formula is C16H18ClN3O5. The van der Waals surface area contributed by atoms with Crippen LogP contribution in [0.25, 0.3) is 0 Å². The number of hydrogen-bond donors (Lipinski definition) is 2. The van der Waals surface area contributed by atoms with E-state index in [0.717, 1.165) is 0 Å². The average molecular weight is 368 g/mol. The molecule has 2 atom stereocenters. The third kappa shape index (κ3) is 3.27. The number of carbonyl (C=O) groups is 3. The minimum Gasteiger partial charge on any atom is -0.480 e. The number of aliphatic carboxylic acids is 1. The SMILES string of the molecule is COC1CC(C(=O)O)N(C(=O)c2ccc(Cl)c(N3CCNC3=O)c2)C1. The lowest BCUT2D eigenvalue weighted by Gasteiger charge is -2.23. The quantitative estimate of drug-likeness (QED) is 0.832. The number of carbonyl (C=O) groups excluding carboxylic acids is 2. The lowest BCUT2D eigenvalue weighted by Crippen LogP contribution is -2.40. The first-order chi connectivity index (χ1) is 11.9. The summed E-state index contributed by atoms with van der Waals surface area (Å²) in [7, 11) is 1.49. The van der Waals surface area contributed by atoms with Crippen LogP contribution in [-0.4, -0.2) is 66.8 Å². The van der Waals surface area contributed by atoms with E-state index in [4.69, 9.17) is 16.3 Å². The highest BCUT2D eigenvalue weighted by molar-refractivity contribution is 6.34. The molecule has 0 aromatic heterocycles. The van der Waals surface area contributed by atoms with Crippen LogP contribution in [0.2, 0.25) is 5.02 Å². The number of carboxylic acid groups (broad SMARTS) is 1. The Labute approximate surface area is 149 Å². The van der Waals surface area contributed by atoms with Crippen LogP contribution in [0.15, 0.2) is 18.2 Å². The molecule has 2 saturated heterocycles. The van der Waals surface area contributed by atoms with Crippen LogP contribution in [0.3, 0.4) is 0 Å². The van der Waals surface area contributed by atoms with Gasteiger partial charge in [0.1, 0.15) is 6.04 Å². The Morgan fingerprint density at radius 3 is 2.76 bits per heavy atom. The Balaban J connectivity index is 1.89. The topological polar surface area (TPSA) is 99.2 Å². The Morgan fingerprint density at radius 2 is 2.16 bits per heavy atom. The maximum absolute atomic E-state index is 12.8. The van der Waals surface area contributed by atoms with Crippen LogP contribution < -0.4 is 10.2 Å². The number of rotatable bonds is 4. The van der Waals surface area contributed by atoms with E-state index in [0.29, 0.717) is 23.8 Å². The van der Waals surface area contributed by atoms with Crippen molar-refractivity contribution in [3.8, 4) is 0 Å². The van der Waals surface area contributed by atoms with E-state index in [-0.39, 0.29) is 30.7 Å². The molecular weight excluding hydrogens is 350 g/mol. The normalized spacial score (nSPS) is 23.0. The fraction of sp³-hybridized carbons (Fsp3) is 0.438. The van der Waals surface area contributed by atoms with E-state index in [1.165, 1.54) is 35.1 Å². The van der Waals surface area contributed by atoms with E-state index in [9.17, 15) is 19.5 Å². The molecule has 2 heterocycles. The fourth-order valence-corrected chi connectivity index (χ4v) is 3.37. The molecule has 1 aromatic rings. The molecule has 134 valence electrons. The van der Waals surface area contributed by atoms with Crippen LogP contribution in [0.5, 0.6) is 0 Å². The Morgan fingerprint density at radius 1 is 1.40 bits per heavy atom. The van der Waals surface area contributed by atoms with Gasteiger partial charge in [-0.1, -0.05) is 11.6 Å². The monoisotopic (exact) mass is 367 g/mol. The molecule has 0 aliphatic carbocycles. The van der Waals surface area contributed by atoms with Crippen molar-refractivity contribution in [1.29, 1.82) is 0 Å². The van der Waals surface area contributed by atoms with Gasteiger partial charge in [0.2, 0.25) is 0 Å². The van der Waals surface area contributed by atoms with Gasteiger partial charge in [0.25, 0.3) is 5.91 Å². The molecule has 2 N–H and O–H groups in total. The second-order valence-corrected chi connectivity index (χ2v) is 6.36. The zero-order valence-corrected chi connectivity index (χ0v) is 14.3. The number of amides is 3. The number of benzene rings is 1. The Bertz CT molecular complexity index is 726. The number of anilines is 1. The van der Waals surface area contributed by atoms with Crippen LogP contribution in [0.4, 0.5) is 10.5 Å². The Hall–Kier alpha value is -2.32. The molecule has 3 amide bonds. The zero-order valence-electron chi connectivity index (χ0n) is 13.6. The average Bonchev–Trinajstić information content (AvgIpc) is 3.21. The summed E-state index contributed by atoms with van der Waals surface area (Å²) >= 11 is 6.17. The van der Waals surface area contributed by atoms with Crippen molar-refractivity contribution in [2.45, 2.75) is 18.6 Å². The van der Waals surface area contributed by atoms with Gasteiger partial charge in [-0.05, 0) is 18.2 Å². The van der Waals surface area contributed by atoms with E-state index < -0.39 is 17.9 Å². The van der Waals surface area contributed by atoms with E-state index >= 15 is 0 Å². The summed E-state index contributed by atoms with van der Waals surface area (Å²) in [4.78, 5) is 38.9. The van der Waals surface area contributed by atoms with Crippen LogP contribution >= 0.6 is 11.6 Å². The first-order valence-corrected chi connectivity index (χ1v) is 8.21. The van der Waals surface area contributed by atoms with Crippen molar-refractivity contribution in [2.24, 2.45) is 0 Å². The molecule has 0 radical (unpaired) electrons. The molecule has 2 unspecified atom stereocenters. The number of nitrogens with zero attached hydrogens (tertiary/aromatic N) is 2. The molecule has 0 bridgehead atoms. The number of methoxy groups -OCH3 is 1. The van der Waals surface area contributed by atoms with Gasteiger partial charge in [0.05, 0.1) is 16.8 Å². The maximum Gasteiger partial charge on any atom is 0.326 e. The summed E-state index contributed by atoms with van der Waals surface area (Å²) in [6.07, 6.45) is -0.0757. The van der Waals surface area contributed by atoms with Gasteiger partial charge < -0.3 is 20.1 Å². The summed E-state index contributed by atoms with van der Waals surface area (Å²) in [5.74, 6) is -1.49. The largest absolute Gasteiger partial charge is 0.480 e. The molecule has 2 aliphatic rings. The molecule has 0 spiro atoms. The number of likely N-dealkylation sites (tertiary alicyclic amines) is 1. The molecule has 2 fully saturated rings. The minimum absolute atomic E-state index is 0.203. The van der Waals surface area contributed by atoms with Gasteiger partial charge in [-0.2, -0.15) is 0 Å². The smallest absolute Gasteiger partial charge is 0.326 e. The van der Waals surface area contributed by atoms with Crippen molar-refractivity contribution in [3.63, 3.8) is 0 Å². The fourth-order valence-electron chi connectivity index (χ4n) is 3.15. The molecule has 8 nitrogen and oxygen atoms in total. The molecule has 0 saturated carbocycles. The van der Waals surface area contributed by atoms with Gasteiger partial charge in [0, 0.05) is 38.7 Å². The van der Waals surface area contributed by atoms with Gasteiger partial charge >= 0.3 is 12.0 Å². The van der Waals surface area contributed by atoms with Gasteiger partial charge in [-0.25, -0.2) is 9.59 Å². The highest BCUT2D eigenvalue weighted by atomic mass is 35.5. The predicted octanol–water partition coefficient (Wildman–Crippen LogP) is 1.18. The Kier molecular flexibility index (Phi) is 4.82. The van der Waals surface area contributed by atoms with Crippen LogP contribution in [0, 0.1) is 0 Å². The summed E-state index contributed by atoms with van der Waals surface area (Å²) in [6.45, 7) is 1.15. The van der Waals surface area contributed by atoms with Crippen molar-refractivity contribution < 1.29 is 24.2 Å². The van der Waals surface area contributed by atoms with E-state index in [2.05, 4.69) is 5.32 Å². The van der Waals surface area contributed by atoms with E-state index in [1.807, 2.05) is 0 Å². The zero-order chi connectivity index (χ0) is 18.1. The number of urea groups is 1. The summed E-state index contributed by atoms with van der Waals surface area (Å²) in [5.41, 5.74) is 0.707. The van der Waals surface area contributed by atoms with E-state index in [1.54, 1.807) is 0 Å². The molecule has 1 aromatic carbocycles. The van der Waals surface area contributed by atoms with Crippen LogP contribution in [-0.2, 0) is 9.53 Å². The highest BCUT2D eigenvalue weighted by Crippen LogP contribution is 2.30.